The van der Waals surface area contributed by atoms with Crippen LogP contribution in [0.25, 0.3) is 21.7 Å². The largest absolute Gasteiger partial charge is 0.319 e. The Bertz CT molecular complexity index is 925. The number of thiophene rings is 1. The van der Waals surface area contributed by atoms with E-state index in [9.17, 15) is 0 Å². The maximum absolute atomic E-state index is 4.84. The minimum Gasteiger partial charge on any atom is -0.319 e. The lowest BCUT2D eigenvalue weighted by Gasteiger charge is -2.09. The van der Waals surface area contributed by atoms with Gasteiger partial charge in [0.2, 0.25) is 0 Å². The number of nitrogens with zero attached hydrogens (tertiary/aromatic N) is 2. The maximum atomic E-state index is 4.84. The SMILES string of the molecule is Brc1cccc(Cn2c(-c3cccs3)nc3ccccc32)c1. The van der Waals surface area contributed by atoms with E-state index in [1.165, 1.54) is 16.0 Å². The van der Waals surface area contributed by atoms with Crippen molar-refractivity contribution < 1.29 is 0 Å². The molecule has 4 rings (SSSR count). The van der Waals surface area contributed by atoms with Crippen LogP contribution in [0, 0.1) is 0 Å². The molecule has 0 radical (unpaired) electrons. The van der Waals surface area contributed by atoms with Gasteiger partial charge in [0.05, 0.1) is 15.9 Å². The number of halogens is 1. The maximum Gasteiger partial charge on any atom is 0.151 e. The van der Waals surface area contributed by atoms with Gasteiger partial charge in [0, 0.05) is 11.0 Å². The van der Waals surface area contributed by atoms with Gasteiger partial charge in [-0.05, 0) is 41.3 Å². The number of benzene rings is 2. The number of imidazole rings is 1. The highest BCUT2D eigenvalue weighted by molar-refractivity contribution is 9.10. The highest BCUT2D eigenvalue weighted by atomic mass is 79.9. The molecule has 0 unspecified atom stereocenters. The monoisotopic (exact) mass is 368 g/mol. The summed E-state index contributed by atoms with van der Waals surface area (Å²) in [6.07, 6.45) is 0. The number of fused-ring (bicyclic) bond motifs is 1. The van der Waals surface area contributed by atoms with E-state index in [4.69, 9.17) is 4.98 Å². The van der Waals surface area contributed by atoms with Crippen LogP contribution in [0.3, 0.4) is 0 Å². The van der Waals surface area contributed by atoms with E-state index in [2.05, 4.69) is 80.5 Å². The first-order chi connectivity index (χ1) is 10.8. The van der Waals surface area contributed by atoms with E-state index >= 15 is 0 Å². The van der Waals surface area contributed by atoms with Gasteiger partial charge in [-0.3, -0.25) is 0 Å². The summed E-state index contributed by atoms with van der Waals surface area (Å²) >= 11 is 5.28. The van der Waals surface area contributed by atoms with Gasteiger partial charge < -0.3 is 4.57 Å². The van der Waals surface area contributed by atoms with E-state index in [-0.39, 0.29) is 0 Å². The summed E-state index contributed by atoms with van der Waals surface area (Å²) in [7, 11) is 0. The Kier molecular flexibility index (Phi) is 3.56. The average molecular weight is 369 g/mol. The molecular formula is C18H13BrN2S. The number of para-hydroxylation sites is 2. The molecule has 0 aliphatic rings. The zero-order chi connectivity index (χ0) is 14.9. The fraction of sp³-hybridized carbons (Fsp3) is 0.0556. The minimum atomic E-state index is 0.813. The van der Waals surface area contributed by atoms with Crippen LogP contribution < -0.4 is 0 Å². The second kappa shape index (κ2) is 5.71. The van der Waals surface area contributed by atoms with Crippen LogP contribution in [0.15, 0.2) is 70.5 Å². The van der Waals surface area contributed by atoms with Crippen LogP contribution in [0.1, 0.15) is 5.56 Å². The molecule has 0 spiro atoms. The molecule has 22 heavy (non-hydrogen) atoms. The second-order valence-corrected chi connectivity index (χ2v) is 6.98. The first-order valence-corrected chi connectivity index (χ1v) is 8.72. The van der Waals surface area contributed by atoms with E-state index in [1.54, 1.807) is 11.3 Å². The van der Waals surface area contributed by atoms with Crippen LogP contribution >= 0.6 is 27.3 Å². The molecule has 0 saturated carbocycles. The van der Waals surface area contributed by atoms with Crippen molar-refractivity contribution in [3.63, 3.8) is 0 Å². The summed E-state index contributed by atoms with van der Waals surface area (Å²) in [5.41, 5.74) is 3.47. The van der Waals surface area contributed by atoms with Gasteiger partial charge in [0.25, 0.3) is 0 Å². The Balaban J connectivity index is 1.89. The first kappa shape index (κ1) is 13.7. The zero-order valence-corrected chi connectivity index (χ0v) is 14.1. The normalized spacial score (nSPS) is 11.1. The number of hydrogen-bond donors (Lipinski definition) is 0. The minimum absolute atomic E-state index is 0.813. The summed E-state index contributed by atoms with van der Waals surface area (Å²) in [4.78, 5) is 6.04. The number of hydrogen-bond acceptors (Lipinski definition) is 2. The van der Waals surface area contributed by atoms with Gasteiger partial charge >= 0.3 is 0 Å². The van der Waals surface area contributed by atoms with Crippen molar-refractivity contribution in [3.8, 4) is 10.7 Å². The van der Waals surface area contributed by atoms with Gasteiger partial charge in [-0.15, -0.1) is 11.3 Å². The highest BCUT2D eigenvalue weighted by Crippen LogP contribution is 2.29. The molecule has 0 N–H and O–H groups in total. The predicted octanol–water partition coefficient (Wildman–Crippen LogP) is 5.58. The van der Waals surface area contributed by atoms with Crippen LogP contribution in [-0.4, -0.2) is 9.55 Å². The van der Waals surface area contributed by atoms with E-state index in [0.717, 1.165) is 22.4 Å². The lowest BCUT2D eigenvalue weighted by molar-refractivity contribution is 0.836. The average Bonchev–Trinajstić information content (AvgIpc) is 3.15. The molecule has 0 aliphatic carbocycles. The fourth-order valence-electron chi connectivity index (χ4n) is 2.65. The van der Waals surface area contributed by atoms with Gasteiger partial charge in [-0.25, -0.2) is 4.98 Å². The predicted molar refractivity (Wildman–Crippen MR) is 96.3 cm³/mol. The van der Waals surface area contributed by atoms with Crippen LogP contribution in [0.4, 0.5) is 0 Å². The van der Waals surface area contributed by atoms with Crippen molar-refractivity contribution in [2.24, 2.45) is 0 Å². The smallest absolute Gasteiger partial charge is 0.151 e. The molecule has 2 nitrogen and oxygen atoms in total. The Labute approximate surface area is 141 Å². The molecular weight excluding hydrogens is 356 g/mol. The van der Waals surface area contributed by atoms with Gasteiger partial charge in [0.15, 0.2) is 5.82 Å². The number of rotatable bonds is 3. The molecule has 0 fully saturated rings. The third-order valence-electron chi connectivity index (χ3n) is 3.63. The summed E-state index contributed by atoms with van der Waals surface area (Å²) in [6, 6.07) is 21.0. The lowest BCUT2D eigenvalue weighted by atomic mass is 10.2. The topological polar surface area (TPSA) is 17.8 Å². The Morgan fingerprint density at radius 3 is 2.73 bits per heavy atom. The van der Waals surface area contributed by atoms with Crippen molar-refractivity contribution >= 4 is 38.3 Å². The van der Waals surface area contributed by atoms with Crippen LogP contribution in [0.5, 0.6) is 0 Å². The summed E-state index contributed by atoms with van der Waals surface area (Å²) < 4.78 is 3.40. The van der Waals surface area contributed by atoms with Crippen LogP contribution in [-0.2, 0) is 6.54 Å². The summed E-state index contributed by atoms with van der Waals surface area (Å²) in [5, 5.41) is 2.10. The van der Waals surface area contributed by atoms with Crippen molar-refractivity contribution in [1.29, 1.82) is 0 Å². The molecule has 0 bridgehead atoms. The Hall–Kier alpha value is -1.91. The molecule has 0 aliphatic heterocycles. The molecule has 2 aromatic heterocycles. The second-order valence-electron chi connectivity index (χ2n) is 5.12. The third-order valence-corrected chi connectivity index (χ3v) is 4.98. The molecule has 2 heterocycles. The van der Waals surface area contributed by atoms with Gasteiger partial charge in [-0.1, -0.05) is 46.3 Å². The summed E-state index contributed by atoms with van der Waals surface area (Å²) in [5.74, 6) is 1.04. The number of aromatic nitrogens is 2. The first-order valence-electron chi connectivity index (χ1n) is 7.05. The molecule has 108 valence electrons. The van der Waals surface area contributed by atoms with Crippen molar-refractivity contribution in [2.75, 3.05) is 0 Å². The standard InChI is InChI=1S/C18H13BrN2S/c19-14-6-3-5-13(11-14)12-21-16-8-2-1-7-15(16)20-18(21)17-9-4-10-22-17/h1-11H,12H2. The van der Waals surface area contributed by atoms with Crippen molar-refractivity contribution in [3.05, 3.63) is 76.1 Å². The third kappa shape index (κ3) is 2.49. The van der Waals surface area contributed by atoms with Gasteiger partial charge in [-0.2, -0.15) is 0 Å². The quantitative estimate of drug-likeness (QED) is 0.461. The molecule has 0 amide bonds. The molecule has 2 aromatic carbocycles. The zero-order valence-electron chi connectivity index (χ0n) is 11.7. The molecule has 0 atom stereocenters. The van der Waals surface area contributed by atoms with Crippen molar-refractivity contribution in [2.45, 2.75) is 6.54 Å². The molecule has 4 heteroatoms. The van der Waals surface area contributed by atoms with E-state index in [0.29, 0.717) is 0 Å². The van der Waals surface area contributed by atoms with E-state index in [1.807, 2.05) is 6.07 Å². The van der Waals surface area contributed by atoms with E-state index < -0.39 is 0 Å². The molecule has 0 saturated heterocycles. The lowest BCUT2D eigenvalue weighted by Crippen LogP contribution is -2.01. The molecule has 4 aromatic rings. The Morgan fingerprint density at radius 2 is 1.91 bits per heavy atom. The summed E-state index contributed by atoms with van der Waals surface area (Å²) in [6.45, 7) is 0.813. The highest BCUT2D eigenvalue weighted by Gasteiger charge is 2.13. The van der Waals surface area contributed by atoms with Crippen LogP contribution in [0.2, 0.25) is 0 Å². The fourth-order valence-corrected chi connectivity index (χ4v) is 3.82. The van der Waals surface area contributed by atoms with Crippen molar-refractivity contribution in [1.82, 2.24) is 9.55 Å². The Morgan fingerprint density at radius 1 is 1.00 bits per heavy atom. The van der Waals surface area contributed by atoms with Gasteiger partial charge in [0.1, 0.15) is 0 Å².